The van der Waals surface area contributed by atoms with E-state index in [9.17, 15) is 4.79 Å². The third kappa shape index (κ3) is 3.13. The Morgan fingerprint density at radius 3 is 3.08 bits per heavy atom. The lowest BCUT2D eigenvalue weighted by atomic mass is 10.4. The molecule has 4 nitrogen and oxygen atoms in total. The van der Waals surface area contributed by atoms with Crippen LogP contribution in [-0.4, -0.2) is 18.2 Å². The Labute approximate surface area is 75.4 Å². The molecule has 1 N–H and O–H groups in total. The van der Waals surface area contributed by atoms with E-state index in [0.717, 1.165) is 6.08 Å². The van der Waals surface area contributed by atoms with Gasteiger partial charge in [-0.1, -0.05) is 0 Å². The first-order valence-electron chi connectivity index (χ1n) is 3.71. The van der Waals surface area contributed by atoms with Crippen molar-refractivity contribution in [2.24, 2.45) is 0 Å². The van der Waals surface area contributed by atoms with Gasteiger partial charge >= 0.3 is 5.97 Å². The van der Waals surface area contributed by atoms with Crippen LogP contribution >= 0.6 is 0 Å². The predicted molar refractivity (Wildman–Crippen MR) is 46.1 cm³/mol. The highest BCUT2D eigenvalue weighted by molar-refractivity contribution is 5.84. The summed E-state index contributed by atoms with van der Waals surface area (Å²) in [7, 11) is 1.56. The lowest BCUT2D eigenvalue weighted by molar-refractivity contribution is -0.131. The van der Waals surface area contributed by atoms with Crippen molar-refractivity contribution in [3.05, 3.63) is 29.7 Å². The van der Waals surface area contributed by atoms with E-state index in [0.29, 0.717) is 18.1 Å². The molecule has 70 valence electrons. The first kappa shape index (κ1) is 9.54. The number of carbonyl (C=O) groups is 1. The molecule has 1 heterocycles. The smallest absolute Gasteiger partial charge is 0.328 e. The van der Waals surface area contributed by atoms with Gasteiger partial charge in [-0.15, -0.1) is 0 Å². The minimum atomic E-state index is -0.996. The SMILES string of the molecule is COCc1ccc(C=CC(=O)O)o1. The Morgan fingerprint density at radius 2 is 2.46 bits per heavy atom. The van der Waals surface area contributed by atoms with Crippen LogP contribution in [-0.2, 0) is 16.1 Å². The largest absolute Gasteiger partial charge is 0.478 e. The van der Waals surface area contributed by atoms with Gasteiger partial charge in [0.2, 0.25) is 0 Å². The van der Waals surface area contributed by atoms with E-state index < -0.39 is 5.97 Å². The zero-order valence-electron chi connectivity index (χ0n) is 7.19. The van der Waals surface area contributed by atoms with Gasteiger partial charge in [0.05, 0.1) is 0 Å². The molecule has 0 spiro atoms. The van der Waals surface area contributed by atoms with Crippen LogP contribution in [0.3, 0.4) is 0 Å². The maximum atomic E-state index is 10.2. The van der Waals surface area contributed by atoms with Crippen LogP contribution in [0, 0.1) is 0 Å². The summed E-state index contributed by atoms with van der Waals surface area (Å²) in [6.07, 6.45) is 2.41. The number of methoxy groups -OCH3 is 1. The number of hydrogen-bond acceptors (Lipinski definition) is 3. The molecule has 0 radical (unpaired) electrons. The van der Waals surface area contributed by atoms with Gasteiger partial charge in [-0.3, -0.25) is 0 Å². The quantitative estimate of drug-likeness (QED) is 0.717. The number of carboxylic acids is 1. The van der Waals surface area contributed by atoms with Crippen LogP contribution in [0.25, 0.3) is 6.08 Å². The summed E-state index contributed by atoms with van der Waals surface area (Å²) in [5.41, 5.74) is 0. The van der Waals surface area contributed by atoms with Crippen molar-refractivity contribution >= 4 is 12.0 Å². The summed E-state index contributed by atoms with van der Waals surface area (Å²) in [5.74, 6) is 0.187. The average Bonchev–Trinajstić information content (AvgIpc) is 2.50. The molecule has 0 unspecified atom stereocenters. The van der Waals surface area contributed by atoms with Gasteiger partial charge in [0.25, 0.3) is 0 Å². The van der Waals surface area contributed by atoms with Crippen molar-refractivity contribution in [2.45, 2.75) is 6.61 Å². The second kappa shape index (κ2) is 4.47. The fourth-order valence-electron chi connectivity index (χ4n) is 0.857. The maximum absolute atomic E-state index is 10.2. The molecule has 0 amide bonds. The van der Waals surface area contributed by atoms with Crippen LogP contribution in [0.15, 0.2) is 22.6 Å². The molecule has 0 bridgehead atoms. The second-order valence-corrected chi connectivity index (χ2v) is 2.41. The Morgan fingerprint density at radius 1 is 1.69 bits per heavy atom. The average molecular weight is 182 g/mol. The number of carboxylic acid groups (broad SMARTS) is 1. The zero-order valence-corrected chi connectivity index (χ0v) is 7.19. The second-order valence-electron chi connectivity index (χ2n) is 2.41. The molecule has 1 aromatic rings. The highest BCUT2D eigenvalue weighted by Gasteiger charge is 1.98. The number of furan rings is 1. The van der Waals surface area contributed by atoms with Crippen molar-refractivity contribution in [3.8, 4) is 0 Å². The molecule has 0 atom stereocenters. The van der Waals surface area contributed by atoms with E-state index >= 15 is 0 Å². The minimum absolute atomic E-state index is 0.390. The van der Waals surface area contributed by atoms with Crippen molar-refractivity contribution in [1.82, 2.24) is 0 Å². The molecule has 0 saturated heterocycles. The third-order valence-corrected chi connectivity index (χ3v) is 1.36. The lowest BCUT2D eigenvalue weighted by Crippen LogP contribution is -1.85. The summed E-state index contributed by atoms with van der Waals surface area (Å²) in [6, 6.07) is 3.43. The highest BCUT2D eigenvalue weighted by Crippen LogP contribution is 2.09. The fourth-order valence-corrected chi connectivity index (χ4v) is 0.857. The summed E-state index contributed by atoms with van der Waals surface area (Å²) in [5, 5.41) is 8.33. The van der Waals surface area contributed by atoms with Crippen molar-refractivity contribution in [1.29, 1.82) is 0 Å². The Hall–Kier alpha value is -1.55. The van der Waals surface area contributed by atoms with Crippen LogP contribution in [0.2, 0.25) is 0 Å². The summed E-state index contributed by atoms with van der Waals surface area (Å²) < 4.78 is 10.0. The molecule has 0 fully saturated rings. The molecule has 0 aliphatic carbocycles. The summed E-state index contributed by atoms with van der Waals surface area (Å²) in [4.78, 5) is 10.2. The first-order chi connectivity index (χ1) is 6.22. The molecule has 1 aromatic heterocycles. The van der Waals surface area contributed by atoms with Gasteiger partial charge in [-0.2, -0.15) is 0 Å². The maximum Gasteiger partial charge on any atom is 0.328 e. The molecule has 1 rings (SSSR count). The van der Waals surface area contributed by atoms with E-state index in [-0.39, 0.29) is 0 Å². The van der Waals surface area contributed by atoms with E-state index in [1.54, 1.807) is 19.2 Å². The van der Waals surface area contributed by atoms with Gasteiger partial charge in [-0.25, -0.2) is 4.79 Å². The molecular weight excluding hydrogens is 172 g/mol. The first-order valence-corrected chi connectivity index (χ1v) is 3.71. The summed E-state index contributed by atoms with van der Waals surface area (Å²) in [6.45, 7) is 0.390. The molecule has 0 aliphatic heterocycles. The number of ether oxygens (including phenoxy) is 1. The van der Waals surface area contributed by atoms with E-state index in [2.05, 4.69) is 0 Å². The highest BCUT2D eigenvalue weighted by atomic mass is 16.5. The Balaban J connectivity index is 2.63. The third-order valence-electron chi connectivity index (χ3n) is 1.36. The van der Waals surface area contributed by atoms with Gasteiger partial charge in [0.1, 0.15) is 18.1 Å². The monoisotopic (exact) mass is 182 g/mol. The van der Waals surface area contributed by atoms with Crippen molar-refractivity contribution in [3.63, 3.8) is 0 Å². The number of hydrogen-bond donors (Lipinski definition) is 1. The van der Waals surface area contributed by atoms with Crippen molar-refractivity contribution < 1.29 is 19.1 Å². The van der Waals surface area contributed by atoms with E-state index in [1.807, 2.05) is 0 Å². The van der Waals surface area contributed by atoms with Gasteiger partial charge < -0.3 is 14.3 Å². The predicted octanol–water partition coefficient (Wildman–Crippen LogP) is 1.52. The Kier molecular flexibility index (Phi) is 3.28. The minimum Gasteiger partial charge on any atom is -0.478 e. The zero-order chi connectivity index (χ0) is 9.68. The lowest BCUT2D eigenvalue weighted by Gasteiger charge is -1.91. The number of aliphatic carboxylic acids is 1. The van der Waals surface area contributed by atoms with Crippen LogP contribution < -0.4 is 0 Å². The number of rotatable bonds is 4. The van der Waals surface area contributed by atoms with Gasteiger partial charge in [0.15, 0.2) is 0 Å². The molecule has 0 aromatic carbocycles. The van der Waals surface area contributed by atoms with Gasteiger partial charge in [-0.05, 0) is 18.2 Å². The van der Waals surface area contributed by atoms with E-state index in [1.165, 1.54) is 6.08 Å². The molecule has 0 aliphatic rings. The van der Waals surface area contributed by atoms with E-state index in [4.69, 9.17) is 14.3 Å². The van der Waals surface area contributed by atoms with Gasteiger partial charge in [0, 0.05) is 13.2 Å². The standard InChI is InChI=1S/C9H10O4/c1-12-6-8-3-2-7(13-8)4-5-9(10)11/h2-5H,6H2,1H3,(H,10,11). The molecule has 0 saturated carbocycles. The van der Waals surface area contributed by atoms with Crippen LogP contribution in [0.4, 0.5) is 0 Å². The molecular formula is C9H10O4. The topological polar surface area (TPSA) is 59.7 Å². The normalized spacial score (nSPS) is 10.8. The van der Waals surface area contributed by atoms with Crippen LogP contribution in [0.1, 0.15) is 11.5 Å². The summed E-state index contributed by atoms with van der Waals surface area (Å²) >= 11 is 0. The fraction of sp³-hybridized carbons (Fsp3) is 0.222. The molecule has 4 heteroatoms. The van der Waals surface area contributed by atoms with Crippen LogP contribution in [0.5, 0.6) is 0 Å². The molecule has 13 heavy (non-hydrogen) atoms. The van der Waals surface area contributed by atoms with Crippen molar-refractivity contribution in [2.75, 3.05) is 7.11 Å². The Bertz CT molecular complexity index is 311.